The van der Waals surface area contributed by atoms with Gasteiger partial charge in [-0.05, 0) is 31.9 Å². The summed E-state index contributed by atoms with van der Waals surface area (Å²) in [7, 11) is -1.49. The molecular weight excluding hydrogens is 362 g/mol. The third kappa shape index (κ3) is 5.87. The Hall–Kier alpha value is -1.73. The maximum atomic E-state index is 12.4. The quantitative estimate of drug-likeness (QED) is 0.802. The van der Waals surface area contributed by atoms with Crippen LogP contribution in [0.4, 0.5) is 5.69 Å². The summed E-state index contributed by atoms with van der Waals surface area (Å²) in [4.78, 5) is 28.7. The number of benzene rings is 1. The van der Waals surface area contributed by atoms with Crippen molar-refractivity contribution in [2.45, 2.75) is 38.6 Å². The van der Waals surface area contributed by atoms with E-state index in [0.29, 0.717) is 24.8 Å². The predicted molar refractivity (Wildman–Crippen MR) is 108 cm³/mol. The molecule has 0 aromatic heterocycles. The SMILES string of the molecule is Cc1ccc(NC(=O)C[S@@](=O)CC(=O)N2CCN(C3CCCC3)CC2)cc1. The lowest BCUT2D eigenvalue weighted by Gasteiger charge is -2.38. The number of nitrogens with zero attached hydrogens (tertiary/aromatic N) is 2. The molecule has 6 nitrogen and oxygen atoms in total. The molecule has 27 heavy (non-hydrogen) atoms. The van der Waals surface area contributed by atoms with Gasteiger partial charge in [0.2, 0.25) is 11.8 Å². The van der Waals surface area contributed by atoms with Crippen LogP contribution >= 0.6 is 0 Å². The fraction of sp³-hybridized carbons (Fsp3) is 0.600. The van der Waals surface area contributed by atoms with Crippen LogP contribution in [0, 0.1) is 6.92 Å². The zero-order valence-electron chi connectivity index (χ0n) is 16.0. The summed E-state index contributed by atoms with van der Waals surface area (Å²) < 4.78 is 12.2. The Morgan fingerprint density at radius 1 is 1.04 bits per heavy atom. The molecule has 3 rings (SSSR count). The Bertz CT molecular complexity index is 678. The summed E-state index contributed by atoms with van der Waals surface area (Å²) in [6, 6.07) is 8.11. The molecule has 1 aliphatic heterocycles. The van der Waals surface area contributed by atoms with Crippen LogP contribution in [-0.4, -0.2) is 69.5 Å². The average Bonchev–Trinajstić information content (AvgIpc) is 3.18. The van der Waals surface area contributed by atoms with Crippen molar-refractivity contribution in [1.82, 2.24) is 9.80 Å². The molecule has 148 valence electrons. The second kappa shape index (κ2) is 9.46. The van der Waals surface area contributed by atoms with Crippen molar-refractivity contribution in [3.8, 4) is 0 Å². The summed E-state index contributed by atoms with van der Waals surface area (Å²) in [5.41, 5.74) is 1.78. The number of hydrogen-bond donors (Lipinski definition) is 1. The molecule has 0 unspecified atom stereocenters. The molecule has 1 aromatic rings. The lowest BCUT2D eigenvalue weighted by atomic mass is 10.2. The minimum atomic E-state index is -1.49. The number of amides is 2. The molecule has 1 saturated carbocycles. The zero-order valence-corrected chi connectivity index (χ0v) is 16.8. The van der Waals surface area contributed by atoms with Gasteiger partial charge in [-0.3, -0.25) is 18.7 Å². The van der Waals surface area contributed by atoms with Gasteiger partial charge in [0, 0.05) is 48.7 Å². The van der Waals surface area contributed by atoms with Crippen LogP contribution in [0.1, 0.15) is 31.2 Å². The van der Waals surface area contributed by atoms with E-state index in [1.54, 1.807) is 4.90 Å². The van der Waals surface area contributed by atoms with Gasteiger partial charge in [0.1, 0.15) is 11.5 Å². The molecule has 1 aromatic carbocycles. The Kier molecular flexibility index (Phi) is 7.01. The standard InChI is InChI=1S/C20H29N3O3S/c1-16-6-8-17(9-7-16)21-19(24)14-27(26)15-20(25)23-12-10-22(11-13-23)18-4-2-3-5-18/h6-9,18H,2-5,10-15H2,1H3,(H,21,24)/t27-/m1/s1. The van der Waals surface area contributed by atoms with Crippen LogP contribution < -0.4 is 5.32 Å². The summed E-state index contributed by atoms with van der Waals surface area (Å²) >= 11 is 0. The minimum Gasteiger partial charge on any atom is -0.339 e. The first-order chi connectivity index (χ1) is 13.0. The summed E-state index contributed by atoms with van der Waals surface area (Å²) in [5.74, 6) is -0.662. The van der Waals surface area contributed by atoms with Crippen LogP contribution in [-0.2, 0) is 20.4 Å². The first kappa shape index (κ1) is 20.0. The van der Waals surface area contributed by atoms with Crippen LogP contribution in [0.15, 0.2) is 24.3 Å². The lowest BCUT2D eigenvalue weighted by molar-refractivity contribution is -0.130. The number of nitrogens with one attached hydrogen (secondary N) is 1. The Morgan fingerprint density at radius 3 is 2.30 bits per heavy atom. The largest absolute Gasteiger partial charge is 0.339 e. The number of piperazine rings is 1. The predicted octanol–water partition coefficient (Wildman–Crippen LogP) is 1.77. The third-order valence-corrected chi connectivity index (χ3v) is 6.57. The average molecular weight is 392 g/mol. The van der Waals surface area contributed by atoms with E-state index in [2.05, 4.69) is 10.2 Å². The van der Waals surface area contributed by atoms with Crippen LogP contribution in [0.25, 0.3) is 0 Å². The van der Waals surface area contributed by atoms with Crippen molar-refractivity contribution in [1.29, 1.82) is 0 Å². The number of carbonyl (C=O) groups is 2. The monoisotopic (exact) mass is 391 g/mol. The van der Waals surface area contributed by atoms with E-state index in [-0.39, 0.29) is 23.3 Å². The third-order valence-electron chi connectivity index (χ3n) is 5.42. The number of anilines is 1. The van der Waals surface area contributed by atoms with Gasteiger partial charge in [0.25, 0.3) is 0 Å². The van der Waals surface area contributed by atoms with Gasteiger partial charge in [0.05, 0.1) is 0 Å². The maximum Gasteiger partial charge on any atom is 0.237 e. The molecule has 1 saturated heterocycles. The van der Waals surface area contributed by atoms with Gasteiger partial charge in [-0.1, -0.05) is 30.5 Å². The van der Waals surface area contributed by atoms with Crippen LogP contribution in [0.5, 0.6) is 0 Å². The highest BCUT2D eigenvalue weighted by atomic mass is 32.2. The summed E-state index contributed by atoms with van der Waals surface area (Å²) in [6.45, 7) is 5.16. The Balaban J connectivity index is 1.39. The van der Waals surface area contributed by atoms with E-state index in [4.69, 9.17) is 0 Å². The molecule has 1 heterocycles. The first-order valence-electron chi connectivity index (χ1n) is 9.74. The highest BCUT2D eigenvalue weighted by Gasteiger charge is 2.28. The number of rotatable bonds is 6. The molecule has 0 bridgehead atoms. The van der Waals surface area contributed by atoms with E-state index in [0.717, 1.165) is 18.7 Å². The fourth-order valence-electron chi connectivity index (χ4n) is 3.87. The first-order valence-corrected chi connectivity index (χ1v) is 11.2. The molecule has 2 amide bonds. The summed E-state index contributed by atoms with van der Waals surface area (Å²) in [6.07, 6.45) is 5.17. The Labute approximate surface area is 163 Å². The smallest absolute Gasteiger partial charge is 0.237 e. The molecule has 2 fully saturated rings. The van der Waals surface area contributed by atoms with E-state index in [9.17, 15) is 13.8 Å². The molecule has 1 atom stereocenters. The molecule has 2 aliphatic rings. The highest BCUT2D eigenvalue weighted by molar-refractivity contribution is 7.86. The van der Waals surface area contributed by atoms with Crippen molar-refractivity contribution in [2.24, 2.45) is 0 Å². The maximum absolute atomic E-state index is 12.4. The van der Waals surface area contributed by atoms with Crippen LogP contribution in [0.2, 0.25) is 0 Å². The summed E-state index contributed by atoms with van der Waals surface area (Å²) in [5, 5.41) is 2.73. The van der Waals surface area contributed by atoms with Gasteiger partial charge in [-0.2, -0.15) is 0 Å². The molecule has 0 spiro atoms. The normalized spacial score (nSPS) is 19.8. The fourth-order valence-corrected chi connectivity index (χ4v) is 4.79. The van der Waals surface area contributed by atoms with Gasteiger partial charge in [0.15, 0.2) is 0 Å². The second-order valence-corrected chi connectivity index (χ2v) is 8.95. The van der Waals surface area contributed by atoms with Crippen LogP contribution in [0.3, 0.4) is 0 Å². The minimum absolute atomic E-state index is 0.0786. The molecule has 1 N–H and O–H groups in total. The van der Waals surface area contributed by atoms with Gasteiger partial charge in [-0.25, -0.2) is 0 Å². The van der Waals surface area contributed by atoms with Gasteiger partial charge >= 0.3 is 0 Å². The van der Waals surface area contributed by atoms with Gasteiger partial charge < -0.3 is 10.2 Å². The van der Waals surface area contributed by atoms with E-state index >= 15 is 0 Å². The topological polar surface area (TPSA) is 69.7 Å². The second-order valence-electron chi connectivity index (χ2n) is 7.50. The molecule has 7 heteroatoms. The number of carbonyl (C=O) groups excluding carboxylic acids is 2. The molecule has 1 aliphatic carbocycles. The van der Waals surface area contributed by atoms with Crippen molar-refractivity contribution in [3.05, 3.63) is 29.8 Å². The molecular formula is C20H29N3O3S. The van der Waals surface area contributed by atoms with E-state index < -0.39 is 10.8 Å². The zero-order chi connectivity index (χ0) is 19.2. The highest BCUT2D eigenvalue weighted by Crippen LogP contribution is 2.24. The number of aryl methyl sites for hydroxylation is 1. The lowest BCUT2D eigenvalue weighted by Crippen LogP contribution is -2.52. The van der Waals surface area contributed by atoms with Crippen molar-refractivity contribution >= 4 is 28.3 Å². The van der Waals surface area contributed by atoms with Crippen molar-refractivity contribution in [3.63, 3.8) is 0 Å². The van der Waals surface area contributed by atoms with E-state index in [1.807, 2.05) is 31.2 Å². The van der Waals surface area contributed by atoms with E-state index in [1.165, 1.54) is 25.7 Å². The number of hydrogen-bond acceptors (Lipinski definition) is 4. The molecule has 0 radical (unpaired) electrons. The van der Waals surface area contributed by atoms with Crippen molar-refractivity contribution in [2.75, 3.05) is 43.0 Å². The van der Waals surface area contributed by atoms with Gasteiger partial charge in [-0.15, -0.1) is 0 Å². The van der Waals surface area contributed by atoms with Crippen molar-refractivity contribution < 1.29 is 13.8 Å². The Morgan fingerprint density at radius 2 is 1.67 bits per heavy atom.